The van der Waals surface area contributed by atoms with Gasteiger partial charge in [-0.05, 0) is 24.6 Å². The minimum Gasteiger partial charge on any atom is -0.494 e. The van der Waals surface area contributed by atoms with E-state index in [0.717, 1.165) is 22.3 Å². The molecule has 0 amide bonds. The Labute approximate surface area is 88.9 Å². The Morgan fingerprint density at radius 2 is 2.20 bits per heavy atom. The van der Waals surface area contributed by atoms with Crippen LogP contribution >= 0.6 is 0 Å². The number of hydrogen-bond acceptors (Lipinski definition) is 3. The fourth-order valence-corrected chi connectivity index (χ4v) is 1.73. The van der Waals surface area contributed by atoms with E-state index >= 15 is 0 Å². The maximum atomic E-state index is 5.60. The Bertz CT molecular complexity index is 494. The van der Waals surface area contributed by atoms with E-state index in [0.29, 0.717) is 6.54 Å². The molecule has 15 heavy (non-hydrogen) atoms. The highest BCUT2D eigenvalue weighted by Gasteiger charge is 2.06. The predicted octanol–water partition coefficient (Wildman–Crippen LogP) is 2.01. The van der Waals surface area contributed by atoms with Crippen molar-refractivity contribution in [2.45, 2.75) is 13.5 Å². The molecule has 1 aromatic heterocycles. The molecule has 0 aliphatic rings. The second-order valence-corrected chi connectivity index (χ2v) is 3.49. The van der Waals surface area contributed by atoms with E-state index in [1.165, 1.54) is 5.56 Å². The molecule has 0 saturated heterocycles. The van der Waals surface area contributed by atoms with Gasteiger partial charge in [-0.2, -0.15) is 0 Å². The number of hydrogen-bond donors (Lipinski definition) is 1. The molecule has 0 bridgehead atoms. The van der Waals surface area contributed by atoms with Crippen molar-refractivity contribution >= 4 is 10.9 Å². The Balaban J connectivity index is 2.79. The van der Waals surface area contributed by atoms with Crippen molar-refractivity contribution in [2.75, 3.05) is 7.11 Å². The molecule has 78 valence electrons. The zero-order chi connectivity index (χ0) is 10.8. The topological polar surface area (TPSA) is 48.1 Å². The maximum Gasteiger partial charge on any atom is 0.145 e. The summed E-state index contributed by atoms with van der Waals surface area (Å²) in [5.41, 5.74) is 8.56. The number of pyridine rings is 1. The summed E-state index contributed by atoms with van der Waals surface area (Å²) in [7, 11) is 1.65. The van der Waals surface area contributed by atoms with E-state index in [9.17, 15) is 0 Å². The lowest BCUT2D eigenvalue weighted by atomic mass is 10.1. The quantitative estimate of drug-likeness (QED) is 0.810. The van der Waals surface area contributed by atoms with Crippen molar-refractivity contribution in [1.29, 1.82) is 0 Å². The largest absolute Gasteiger partial charge is 0.494 e. The van der Waals surface area contributed by atoms with Crippen LogP contribution in [-0.4, -0.2) is 12.1 Å². The molecule has 3 heteroatoms. The fourth-order valence-electron chi connectivity index (χ4n) is 1.73. The van der Waals surface area contributed by atoms with Crippen molar-refractivity contribution in [3.8, 4) is 5.75 Å². The Kier molecular flexibility index (Phi) is 2.56. The summed E-state index contributed by atoms with van der Waals surface area (Å²) in [4.78, 5) is 4.48. The molecule has 3 nitrogen and oxygen atoms in total. The molecule has 1 heterocycles. The highest BCUT2D eigenvalue weighted by atomic mass is 16.5. The molecule has 0 aliphatic heterocycles. The molecule has 2 N–H and O–H groups in total. The van der Waals surface area contributed by atoms with Gasteiger partial charge in [0.1, 0.15) is 11.3 Å². The van der Waals surface area contributed by atoms with E-state index in [-0.39, 0.29) is 0 Å². The van der Waals surface area contributed by atoms with E-state index in [1.54, 1.807) is 7.11 Å². The van der Waals surface area contributed by atoms with E-state index in [4.69, 9.17) is 10.5 Å². The van der Waals surface area contributed by atoms with Crippen LogP contribution < -0.4 is 10.5 Å². The van der Waals surface area contributed by atoms with Crippen LogP contribution in [0.2, 0.25) is 0 Å². The second-order valence-electron chi connectivity index (χ2n) is 3.49. The van der Waals surface area contributed by atoms with Crippen molar-refractivity contribution in [3.63, 3.8) is 0 Å². The molecule has 2 aromatic rings. The first-order valence-electron chi connectivity index (χ1n) is 4.89. The van der Waals surface area contributed by atoms with E-state index in [1.807, 2.05) is 24.3 Å². The number of ether oxygens (including phenoxy) is 1. The van der Waals surface area contributed by atoms with Gasteiger partial charge >= 0.3 is 0 Å². The van der Waals surface area contributed by atoms with Crippen LogP contribution in [-0.2, 0) is 6.54 Å². The van der Waals surface area contributed by atoms with Crippen LogP contribution in [0.25, 0.3) is 10.9 Å². The maximum absolute atomic E-state index is 5.60. The summed E-state index contributed by atoms with van der Waals surface area (Å²) in [5, 5.41) is 1.12. The van der Waals surface area contributed by atoms with Crippen LogP contribution in [0.3, 0.4) is 0 Å². The third-order valence-electron chi connectivity index (χ3n) is 2.49. The minimum atomic E-state index is 0.453. The minimum absolute atomic E-state index is 0.453. The second kappa shape index (κ2) is 3.87. The standard InChI is InChI=1S/C12H14N2O/c1-8-6-9(7-13)14-12-10(8)4-3-5-11(12)15-2/h3-6H,7,13H2,1-2H3. The number of aryl methyl sites for hydroxylation is 1. The zero-order valence-corrected chi connectivity index (χ0v) is 8.95. The third-order valence-corrected chi connectivity index (χ3v) is 2.49. The lowest BCUT2D eigenvalue weighted by Crippen LogP contribution is -2.01. The monoisotopic (exact) mass is 202 g/mol. The molecule has 0 unspecified atom stereocenters. The van der Waals surface area contributed by atoms with Crippen LogP contribution in [0.1, 0.15) is 11.3 Å². The van der Waals surface area contributed by atoms with Crippen LogP contribution in [0.5, 0.6) is 5.75 Å². The number of rotatable bonds is 2. The summed E-state index contributed by atoms with van der Waals surface area (Å²) in [6, 6.07) is 7.94. The number of nitrogens with two attached hydrogens (primary N) is 1. The van der Waals surface area contributed by atoms with Gasteiger partial charge in [-0.1, -0.05) is 12.1 Å². The molecule has 2 rings (SSSR count). The molecule has 0 radical (unpaired) electrons. The Hall–Kier alpha value is -1.61. The van der Waals surface area contributed by atoms with Crippen molar-refractivity contribution in [1.82, 2.24) is 4.98 Å². The smallest absolute Gasteiger partial charge is 0.145 e. The lowest BCUT2D eigenvalue weighted by Gasteiger charge is -2.08. The van der Waals surface area contributed by atoms with Crippen molar-refractivity contribution < 1.29 is 4.74 Å². The lowest BCUT2D eigenvalue weighted by molar-refractivity contribution is 0.419. The average Bonchev–Trinajstić information content (AvgIpc) is 2.28. The highest BCUT2D eigenvalue weighted by Crippen LogP contribution is 2.26. The Morgan fingerprint density at radius 3 is 2.87 bits per heavy atom. The number of aromatic nitrogens is 1. The average molecular weight is 202 g/mol. The first kappa shape index (κ1) is 9.93. The van der Waals surface area contributed by atoms with Gasteiger partial charge in [0.15, 0.2) is 0 Å². The first-order chi connectivity index (χ1) is 7.26. The molecule has 1 aromatic carbocycles. The Morgan fingerprint density at radius 1 is 1.40 bits per heavy atom. The molecule has 0 saturated carbocycles. The zero-order valence-electron chi connectivity index (χ0n) is 8.95. The molecule has 0 atom stereocenters. The highest BCUT2D eigenvalue weighted by molar-refractivity contribution is 5.87. The SMILES string of the molecule is COc1cccc2c(C)cc(CN)nc12. The van der Waals surface area contributed by atoms with Gasteiger partial charge in [-0.3, -0.25) is 0 Å². The number of nitrogens with zero attached hydrogens (tertiary/aromatic N) is 1. The third kappa shape index (κ3) is 1.66. The number of methoxy groups -OCH3 is 1. The summed E-state index contributed by atoms with van der Waals surface area (Å²) in [6.45, 7) is 2.51. The van der Waals surface area contributed by atoms with Gasteiger partial charge in [0.2, 0.25) is 0 Å². The van der Waals surface area contributed by atoms with Crippen LogP contribution in [0.15, 0.2) is 24.3 Å². The van der Waals surface area contributed by atoms with Crippen molar-refractivity contribution in [3.05, 3.63) is 35.5 Å². The predicted molar refractivity (Wildman–Crippen MR) is 60.9 cm³/mol. The molecule has 0 spiro atoms. The van der Waals surface area contributed by atoms with Gasteiger partial charge in [0.05, 0.1) is 12.8 Å². The molecular formula is C12H14N2O. The number of para-hydroxylation sites is 1. The van der Waals surface area contributed by atoms with Gasteiger partial charge in [-0.15, -0.1) is 0 Å². The molecule has 0 aliphatic carbocycles. The summed E-state index contributed by atoms with van der Waals surface area (Å²) < 4.78 is 5.28. The molecule has 0 fully saturated rings. The molecular weight excluding hydrogens is 188 g/mol. The van der Waals surface area contributed by atoms with Gasteiger partial charge < -0.3 is 10.5 Å². The summed E-state index contributed by atoms with van der Waals surface area (Å²) >= 11 is 0. The first-order valence-corrected chi connectivity index (χ1v) is 4.89. The number of fused-ring (bicyclic) bond motifs is 1. The normalized spacial score (nSPS) is 10.6. The number of benzene rings is 1. The van der Waals surface area contributed by atoms with E-state index in [2.05, 4.69) is 11.9 Å². The summed E-state index contributed by atoms with van der Waals surface area (Å²) in [5.74, 6) is 0.797. The van der Waals surface area contributed by atoms with Crippen LogP contribution in [0, 0.1) is 6.92 Å². The fraction of sp³-hybridized carbons (Fsp3) is 0.250. The summed E-state index contributed by atoms with van der Waals surface area (Å²) in [6.07, 6.45) is 0. The van der Waals surface area contributed by atoms with Crippen molar-refractivity contribution in [2.24, 2.45) is 5.73 Å². The van der Waals surface area contributed by atoms with Crippen LogP contribution in [0.4, 0.5) is 0 Å². The van der Waals surface area contributed by atoms with Gasteiger partial charge in [-0.25, -0.2) is 4.98 Å². The van der Waals surface area contributed by atoms with E-state index < -0.39 is 0 Å². The van der Waals surface area contributed by atoms with Gasteiger partial charge in [0.25, 0.3) is 0 Å². The van der Waals surface area contributed by atoms with Gasteiger partial charge in [0, 0.05) is 11.9 Å².